The summed E-state index contributed by atoms with van der Waals surface area (Å²) in [6, 6.07) is 24.4. The van der Waals surface area contributed by atoms with Crippen LogP contribution in [-0.2, 0) is 0 Å². The first-order valence-corrected chi connectivity index (χ1v) is 8.55. The lowest BCUT2D eigenvalue weighted by molar-refractivity contribution is 1.28. The number of anilines is 1. The number of pyridine rings is 1. The summed E-state index contributed by atoms with van der Waals surface area (Å²) >= 11 is 0. The van der Waals surface area contributed by atoms with Gasteiger partial charge in [0.25, 0.3) is 5.56 Å². The minimum atomic E-state index is -0.124. The van der Waals surface area contributed by atoms with Crippen LogP contribution < -0.4 is 11.3 Å². The number of hydrogen-bond donors (Lipinski definition) is 2. The summed E-state index contributed by atoms with van der Waals surface area (Å²) in [6.45, 7) is 0. The Hall–Kier alpha value is -3.59. The van der Waals surface area contributed by atoms with E-state index >= 15 is 0 Å². The molecule has 1 aromatic heterocycles. The van der Waals surface area contributed by atoms with Crippen molar-refractivity contribution in [3.63, 3.8) is 0 Å². The third-order valence-electron chi connectivity index (χ3n) is 5.02. The summed E-state index contributed by atoms with van der Waals surface area (Å²) in [7, 11) is 0. The van der Waals surface area contributed by atoms with Gasteiger partial charge in [0, 0.05) is 28.2 Å². The Balaban J connectivity index is 2.01. The van der Waals surface area contributed by atoms with Crippen LogP contribution in [0.5, 0.6) is 0 Å². The fourth-order valence-electron chi connectivity index (χ4n) is 3.84. The minimum Gasteiger partial charge on any atom is -0.398 e. The number of rotatable bonds is 1. The molecule has 0 aliphatic carbocycles. The van der Waals surface area contributed by atoms with Gasteiger partial charge in [-0.05, 0) is 45.3 Å². The molecular weight excluding hydrogens is 320 g/mol. The first-order chi connectivity index (χ1) is 12.7. The standard InChI is InChI=1S/C23H16N2O/c24-21-11-5-10-18-22(21)20(13-25-23(18)26)19-12-14-6-1-2-7-15(14)16-8-3-4-9-17(16)19/h1-13H,24H2,(H,25,26). The molecule has 0 bridgehead atoms. The Labute approximate surface area is 149 Å². The van der Waals surface area contributed by atoms with Crippen LogP contribution in [0.1, 0.15) is 0 Å². The number of nitrogens with two attached hydrogens (primary N) is 1. The van der Waals surface area contributed by atoms with E-state index in [1.165, 1.54) is 10.8 Å². The van der Waals surface area contributed by atoms with Crippen molar-refractivity contribution in [3.05, 3.63) is 89.3 Å². The number of H-pyrrole nitrogens is 1. The van der Waals surface area contributed by atoms with Crippen LogP contribution in [-0.4, -0.2) is 4.98 Å². The number of benzene rings is 4. The molecule has 0 radical (unpaired) electrons. The van der Waals surface area contributed by atoms with Gasteiger partial charge >= 0.3 is 0 Å². The van der Waals surface area contributed by atoms with Crippen molar-refractivity contribution >= 4 is 38.0 Å². The predicted octanol–water partition coefficient (Wildman–Crippen LogP) is 5.08. The van der Waals surface area contributed by atoms with E-state index in [2.05, 4.69) is 47.4 Å². The van der Waals surface area contributed by atoms with E-state index in [4.69, 9.17) is 5.73 Å². The van der Waals surface area contributed by atoms with E-state index in [-0.39, 0.29) is 5.56 Å². The van der Waals surface area contributed by atoms with Gasteiger partial charge in [0.15, 0.2) is 0 Å². The van der Waals surface area contributed by atoms with Crippen molar-refractivity contribution < 1.29 is 0 Å². The third-order valence-corrected chi connectivity index (χ3v) is 5.02. The number of hydrogen-bond acceptors (Lipinski definition) is 2. The van der Waals surface area contributed by atoms with Gasteiger partial charge in [-0.2, -0.15) is 0 Å². The van der Waals surface area contributed by atoms with Gasteiger partial charge in [-0.3, -0.25) is 4.79 Å². The second-order valence-corrected chi connectivity index (χ2v) is 6.49. The summed E-state index contributed by atoms with van der Waals surface area (Å²) in [6.07, 6.45) is 1.78. The average Bonchev–Trinajstić information content (AvgIpc) is 2.68. The highest BCUT2D eigenvalue weighted by atomic mass is 16.1. The molecule has 3 N–H and O–H groups in total. The first kappa shape index (κ1) is 14.7. The lowest BCUT2D eigenvalue weighted by Crippen LogP contribution is -2.07. The maximum atomic E-state index is 12.3. The van der Waals surface area contributed by atoms with Crippen LogP contribution in [0.3, 0.4) is 0 Å². The maximum Gasteiger partial charge on any atom is 0.255 e. The van der Waals surface area contributed by atoms with Gasteiger partial charge in [0.05, 0.1) is 0 Å². The fraction of sp³-hybridized carbons (Fsp3) is 0. The Bertz CT molecular complexity index is 1370. The third kappa shape index (κ3) is 2.04. The molecule has 0 aliphatic rings. The van der Waals surface area contributed by atoms with E-state index in [9.17, 15) is 4.79 Å². The van der Waals surface area contributed by atoms with Crippen molar-refractivity contribution in [3.8, 4) is 11.1 Å². The van der Waals surface area contributed by atoms with Crippen molar-refractivity contribution in [1.82, 2.24) is 4.98 Å². The zero-order valence-electron chi connectivity index (χ0n) is 14.0. The molecule has 5 aromatic rings. The monoisotopic (exact) mass is 336 g/mol. The van der Waals surface area contributed by atoms with Gasteiger partial charge in [-0.25, -0.2) is 0 Å². The fourth-order valence-corrected chi connectivity index (χ4v) is 3.84. The minimum absolute atomic E-state index is 0.124. The lowest BCUT2D eigenvalue weighted by atomic mass is 9.91. The van der Waals surface area contributed by atoms with Gasteiger partial charge in [-0.1, -0.05) is 54.6 Å². The van der Waals surface area contributed by atoms with E-state index in [0.717, 1.165) is 27.3 Å². The largest absolute Gasteiger partial charge is 0.398 e. The molecule has 4 aromatic carbocycles. The Kier molecular flexibility index (Phi) is 3.09. The van der Waals surface area contributed by atoms with E-state index in [1.54, 1.807) is 6.20 Å². The average molecular weight is 336 g/mol. The summed E-state index contributed by atoms with van der Waals surface area (Å²) in [5, 5.41) is 6.12. The SMILES string of the molecule is Nc1cccc2c(=O)[nH]cc(-c3cc4ccccc4c4ccccc34)c12. The molecule has 0 unspecified atom stereocenters. The molecule has 0 aliphatic heterocycles. The topological polar surface area (TPSA) is 58.9 Å². The molecule has 0 saturated carbocycles. The molecule has 3 nitrogen and oxygen atoms in total. The van der Waals surface area contributed by atoms with Crippen LogP contribution >= 0.6 is 0 Å². The van der Waals surface area contributed by atoms with Crippen molar-refractivity contribution in [2.45, 2.75) is 0 Å². The van der Waals surface area contributed by atoms with Gasteiger partial charge in [-0.15, -0.1) is 0 Å². The highest BCUT2D eigenvalue weighted by molar-refractivity contribution is 6.17. The van der Waals surface area contributed by atoms with Crippen LogP contribution in [0.2, 0.25) is 0 Å². The Morgan fingerprint density at radius 2 is 1.38 bits per heavy atom. The van der Waals surface area contributed by atoms with Crippen LogP contribution in [0, 0.1) is 0 Å². The molecule has 26 heavy (non-hydrogen) atoms. The number of aromatic amines is 1. The second kappa shape index (κ2) is 5.46. The summed E-state index contributed by atoms with van der Waals surface area (Å²) in [5.41, 5.74) is 8.77. The van der Waals surface area contributed by atoms with E-state index in [0.29, 0.717) is 11.1 Å². The van der Waals surface area contributed by atoms with Gasteiger partial charge < -0.3 is 10.7 Å². The van der Waals surface area contributed by atoms with Crippen molar-refractivity contribution in [2.75, 3.05) is 5.73 Å². The van der Waals surface area contributed by atoms with Crippen LogP contribution in [0.25, 0.3) is 43.4 Å². The van der Waals surface area contributed by atoms with Crippen molar-refractivity contribution in [2.24, 2.45) is 0 Å². The molecule has 0 spiro atoms. The predicted molar refractivity (Wildman–Crippen MR) is 109 cm³/mol. The lowest BCUT2D eigenvalue weighted by Gasteiger charge is -2.14. The zero-order valence-corrected chi connectivity index (χ0v) is 14.0. The molecule has 0 atom stereocenters. The maximum absolute atomic E-state index is 12.3. The number of nitrogen functional groups attached to an aromatic ring is 1. The smallest absolute Gasteiger partial charge is 0.255 e. The number of aromatic nitrogens is 1. The van der Waals surface area contributed by atoms with Gasteiger partial charge in [0.1, 0.15) is 0 Å². The summed E-state index contributed by atoms with van der Waals surface area (Å²) in [4.78, 5) is 15.1. The molecule has 0 saturated heterocycles. The number of fused-ring (bicyclic) bond motifs is 4. The molecule has 3 heteroatoms. The first-order valence-electron chi connectivity index (χ1n) is 8.55. The Morgan fingerprint density at radius 3 is 2.23 bits per heavy atom. The number of nitrogens with one attached hydrogen (secondary N) is 1. The van der Waals surface area contributed by atoms with E-state index in [1.807, 2.05) is 30.3 Å². The highest BCUT2D eigenvalue weighted by Gasteiger charge is 2.13. The molecule has 0 amide bonds. The van der Waals surface area contributed by atoms with Crippen LogP contribution in [0.4, 0.5) is 5.69 Å². The summed E-state index contributed by atoms with van der Waals surface area (Å²) in [5.74, 6) is 0. The molecule has 124 valence electrons. The molecule has 5 rings (SSSR count). The zero-order chi connectivity index (χ0) is 17.7. The molecule has 0 fully saturated rings. The molecular formula is C23H16N2O. The quantitative estimate of drug-likeness (QED) is 0.331. The van der Waals surface area contributed by atoms with Crippen molar-refractivity contribution in [1.29, 1.82) is 0 Å². The highest BCUT2D eigenvalue weighted by Crippen LogP contribution is 2.38. The van der Waals surface area contributed by atoms with Gasteiger partial charge in [0.2, 0.25) is 0 Å². The molecule has 1 heterocycles. The Morgan fingerprint density at radius 1 is 0.692 bits per heavy atom. The second-order valence-electron chi connectivity index (χ2n) is 6.49. The van der Waals surface area contributed by atoms with Crippen LogP contribution in [0.15, 0.2) is 83.8 Å². The summed E-state index contributed by atoms with van der Waals surface area (Å²) < 4.78 is 0. The van der Waals surface area contributed by atoms with E-state index < -0.39 is 0 Å². The normalized spacial score (nSPS) is 11.4.